The smallest absolute Gasteiger partial charge is 0.251 e. The summed E-state index contributed by atoms with van der Waals surface area (Å²) in [4.78, 5) is 47.0. The zero-order valence-electron chi connectivity index (χ0n) is 30.9. The zero-order valence-corrected chi connectivity index (χ0v) is 30.9. The summed E-state index contributed by atoms with van der Waals surface area (Å²) in [6, 6.07) is 14.0. The Morgan fingerprint density at radius 3 is 2.32 bits per heavy atom. The van der Waals surface area contributed by atoms with E-state index in [1.165, 1.54) is 0 Å². The Kier molecular flexibility index (Phi) is 15.3. The van der Waals surface area contributed by atoms with E-state index in [1.807, 2.05) is 29.2 Å². The summed E-state index contributed by atoms with van der Waals surface area (Å²) in [5, 5.41) is 20.4. The number of nitrogens with one attached hydrogen (secondary N) is 2. The topological polar surface area (TPSA) is 178 Å². The molecule has 0 bridgehead atoms. The van der Waals surface area contributed by atoms with Crippen LogP contribution in [0.15, 0.2) is 53.6 Å². The fourth-order valence-corrected chi connectivity index (χ4v) is 7.58. The Hall–Kier alpha value is -4.20. The van der Waals surface area contributed by atoms with Gasteiger partial charge in [0.2, 0.25) is 11.8 Å². The predicted octanol–water partition coefficient (Wildman–Crippen LogP) is 4.96. The number of piperazine rings is 1. The van der Waals surface area contributed by atoms with E-state index in [4.69, 9.17) is 19.7 Å². The van der Waals surface area contributed by atoms with Gasteiger partial charge in [-0.15, -0.1) is 0 Å². The monoisotopic (exact) mass is 733 g/mol. The van der Waals surface area contributed by atoms with Crippen LogP contribution in [0.1, 0.15) is 80.6 Å². The minimum absolute atomic E-state index is 0.0528. The van der Waals surface area contributed by atoms with Crippen molar-refractivity contribution in [1.82, 2.24) is 20.4 Å². The highest BCUT2D eigenvalue weighted by atomic mass is 16.5. The summed E-state index contributed by atoms with van der Waals surface area (Å²) in [6.07, 6.45) is 7.09. The molecule has 1 saturated carbocycles. The van der Waals surface area contributed by atoms with Gasteiger partial charge < -0.3 is 34.9 Å². The highest BCUT2D eigenvalue weighted by molar-refractivity contribution is 6.00. The molecule has 1 aliphatic carbocycles. The van der Waals surface area contributed by atoms with E-state index in [9.17, 15) is 19.5 Å². The molecule has 14 heteroatoms. The fourth-order valence-electron chi connectivity index (χ4n) is 7.58. The van der Waals surface area contributed by atoms with Gasteiger partial charge in [0.05, 0.1) is 32.5 Å². The van der Waals surface area contributed by atoms with Gasteiger partial charge in [0.15, 0.2) is 0 Å². The molecule has 1 spiro atoms. The van der Waals surface area contributed by atoms with Gasteiger partial charge in [-0.05, 0) is 85.5 Å². The molecule has 2 aliphatic heterocycles. The maximum atomic E-state index is 13.9. The zero-order chi connectivity index (χ0) is 37.5. The third-order valence-corrected chi connectivity index (χ3v) is 10.6. The molecule has 0 unspecified atom stereocenters. The molecule has 2 aromatic carbocycles. The molecule has 288 valence electrons. The van der Waals surface area contributed by atoms with E-state index in [0.717, 1.165) is 50.5 Å². The Bertz CT molecular complexity index is 1520. The lowest BCUT2D eigenvalue weighted by molar-refractivity contribution is -0.166. The molecule has 2 atom stereocenters. The van der Waals surface area contributed by atoms with Crippen molar-refractivity contribution in [1.29, 1.82) is 0 Å². The number of hydrogen-bond acceptors (Lipinski definition) is 9. The van der Waals surface area contributed by atoms with E-state index in [1.54, 1.807) is 24.3 Å². The first-order valence-corrected chi connectivity index (χ1v) is 19.2. The molecule has 14 nitrogen and oxygen atoms in total. The van der Waals surface area contributed by atoms with Gasteiger partial charge in [-0.1, -0.05) is 49.9 Å². The minimum Gasteiger partial charge on any atom is -0.457 e. The number of piperidine rings is 1. The lowest BCUT2D eigenvalue weighted by Gasteiger charge is -2.52. The molecule has 2 heterocycles. The van der Waals surface area contributed by atoms with Gasteiger partial charge >= 0.3 is 0 Å². The summed E-state index contributed by atoms with van der Waals surface area (Å²) < 4.78 is 16.7. The molecule has 3 N–H and O–H groups in total. The van der Waals surface area contributed by atoms with Crippen molar-refractivity contribution in [3.05, 3.63) is 70.1 Å². The van der Waals surface area contributed by atoms with Gasteiger partial charge in [-0.2, -0.15) is 0 Å². The van der Waals surface area contributed by atoms with Crippen LogP contribution in [0.25, 0.3) is 10.4 Å². The standard InChI is InChI=1S/C39H55N7O7/c1-2-3-21-46-37(49)34(35(47)30-7-5-4-6-8-30)43-38(50)39(46)17-22-45(23-18-39)28-29-9-13-32(14-10-29)53-33-15-11-31(12-16-33)36(48)41-19-24-51-26-27-52-25-20-42-44-40/h9-16,30,34-35,47H,2-8,17-28H2,1H3,(H,41,48)(H,43,50)/t34-,35+/m1/s1. The Labute approximate surface area is 312 Å². The largest absolute Gasteiger partial charge is 0.457 e. The molecule has 3 aliphatic rings. The number of azide groups is 1. The third-order valence-electron chi connectivity index (χ3n) is 10.6. The number of aliphatic hydroxyl groups is 1. The number of likely N-dealkylation sites (tertiary alicyclic amines) is 1. The van der Waals surface area contributed by atoms with Gasteiger partial charge in [-0.25, -0.2) is 0 Å². The van der Waals surface area contributed by atoms with Crippen LogP contribution in [-0.2, 0) is 25.6 Å². The quantitative estimate of drug-likeness (QED) is 0.0786. The number of benzene rings is 2. The van der Waals surface area contributed by atoms with E-state index in [0.29, 0.717) is 89.1 Å². The summed E-state index contributed by atoms with van der Waals surface area (Å²) in [6.45, 7) is 6.80. The van der Waals surface area contributed by atoms with Crippen LogP contribution in [0.5, 0.6) is 11.5 Å². The highest BCUT2D eigenvalue weighted by Gasteiger charge is 2.55. The van der Waals surface area contributed by atoms with Gasteiger partial charge in [0.1, 0.15) is 23.1 Å². The van der Waals surface area contributed by atoms with Crippen molar-refractivity contribution in [3.8, 4) is 11.5 Å². The average Bonchev–Trinajstić information content (AvgIpc) is 3.19. The summed E-state index contributed by atoms with van der Waals surface area (Å²) in [5.41, 5.74) is 8.98. The van der Waals surface area contributed by atoms with Crippen LogP contribution < -0.4 is 15.4 Å². The van der Waals surface area contributed by atoms with Crippen molar-refractivity contribution in [3.63, 3.8) is 0 Å². The lowest BCUT2D eigenvalue weighted by atomic mass is 9.78. The molecule has 2 aromatic rings. The van der Waals surface area contributed by atoms with Gasteiger partial charge in [-0.3, -0.25) is 19.3 Å². The van der Waals surface area contributed by atoms with Gasteiger partial charge in [0.25, 0.3) is 5.91 Å². The van der Waals surface area contributed by atoms with E-state index < -0.39 is 17.7 Å². The molecule has 0 aromatic heterocycles. The Balaban J connectivity index is 1.06. The maximum Gasteiger partial charge on any atom is 0.251 e. The Morgan fingerprint density at radius 1 is 1.00 bits per heavy atom. The number of aliphatic hydroxyl groups excluding tert-OH is 1. The first-order chi connectivity index (χ1) is 25.8. The SMILES string of the molecule is CCCCN1C(=O)[C@@H]([C@@H](O)C2CCCCC2)NC(=O)C12CCN(Cc1ccc(Oc3ccc(C(=O)NCCOCCOCCN=[N+]=[N-])cc3)cc1)CC2. The molecule has 2 saturated heterocycles. The van der Waals surface area contributed by atoms with Crippen molar-refractivity contribution in [2.24, 2.45) is 11.0 Å². The predicted molar refractivity (Wildman–Crippen MR) is 199 cm³/mol. The molecule has 0 radical (unpaired) electrons. The van der Waals surface area contributed by atoms with Crippen LogP contribution in [0.3, 0.4) is 0 Å². The number of hydrogen-bond donors (Lipinski definition) is 3. The van der Waals surface area contributed by atoms with Crippen LogP contribution in [-0.4, -0.2) is 109 Å². The molecular weight excluding hydrogens is 678 g/mol. The van der Waals surface area contributed by atoms with Gasteiger partial charge in [0, 0.05) is 49.7 Å². The number of ether oxygens (including phenoxy) is 3. The van der Waals surface area contributed by atoms with Crippen LogP contribution >= 0.6 is 0 Å². The highest BCUT2D eigenvalue weighted by Crippen LogP contribution is 2.36. The van der Waals surface area contributed by atoms with Crippen LogP contribution in [0.2, 0.25) is 0 Å². The second-order valence-corrected chi connectivity index (χ2v) is 14.2. The summed E-state index contributed by atoms with van der Waals surface area (Å²) >= 11 is 0. The van der Waals surface area contributed by atoms with Crippen molar-refractivity contribution in [2.75, 3.05) is 59.2 Å². The average molecular weight is 734 g/mol. The summed E-state index contributed by atoms with van der Waals surface area (Å²) in [7, 11) is 0. The van der Waals surface area contributed by atoms with E-state index >= 15 is 0 Å². The van der Waals surface area contributed by atoms with Crippen molar-refractivity contribution >= 4 is 17.7 Å². The van der Waals surface area contributed by atoms with Crippen molar-refractivity contribution in [2.45, 2.75) is 88.9 Å². The fraction of sp³-hybridized carbons (Fsp3) is 0.615. The normalized spacial score (nSPS) is 19.7. The first kappa shape index (κ1) is 40.0. The lowest BCUT2D eigenvalue weighted by Crippen LogP contribution is -2.75. The number of amides is 3. The molecule has 3 amide bonds. The maximum absolute atomic E-state index is 13.9. The van der Waals surface area contributed by atoms with Crippen LogP contribution in [0, 0.1) is 5.92 Å². The second-order valence-electron chi connectivity index (χ2n) is 14.2. The third kappa shape index (κ3) is 10.9. The Morgan fingerprint density at radius 2 is 1.66 bits per heavy atom. The molecule has 5 rings (SSSR count). The first-order valence-electron chi connectivity index (χ1n) is 19.2. The molecule has 53 heavy (non-hydrogen) atoms. The number of rotatable bonds is 19. The van der Waals surface area contributed by atoms with Crippen LogP contribution in [0.4, 0.5) is 0 Å². The minimum atomic E-state index is -0.875. The summed E-state index contributed by atoms with van der Waals surface area (Å²) in [5.74, 6) is 0.890. The number of carbonyl (C=O) groups excluding carboxylic acids is 3. The van der Waals surface area contributed by atoms with E-state index in [-0.39, 0.29) is 30.2 Å². The molecule has 3 fully saturated rings. The van der Waals surface area contributed by atoms with Crippen molar-refractivity contribution < 1.29 is 33.7 Å². The second kappa shape index (κ2) is 20.3. The number of carbonyl (C=O) groups is 3. The number of unbranched alkanes of at least 4 members (excludes halogenated alkanes) is 1. The number of nitrogens with zero attached hydrogens (tertiary/aromatic N) is 5. The molecular formula is C39H55N7O7. The van der Waals surface area contributed by atoms with E-state index in [2.05, 4.69) is 32.5 Å².